The van der Waals surface area contributed by atoms with Crippen LogP contribution >= 0.6 is 24.0 Å². The molecule has 1 amide bonds. The number of pyridine rings is 1. The summed E-state index contributed by atoms with van der Waals surface area (Å²) in [6.07, 6.45) is 11.8. The molecule has 0 bridgehead atoms. The van der Waals surface area contributed by atoms with Gasteiger partial charge in [-0.25, -0.2) is 0 Å². The maximum absolute atomic E-state index is 13.6. The molecule has 45 heavy (non-hydrogen) atoms. The van der Waals surface area contributed by atoms with Crippen LogP contribution < -0.4 is 10.5 Å². The maximum Gasteiger partial charge on any atom is 0.310 e. The molecule has 0 spiro atoms. The number of esters is 1. The number of thioether (sulfide) groups is 1. The number of carbonyl (C=O) groups is 3. The molecular weight excluding hydrogens is 613 g/mol. The Morgan fingerprint density at radius 1 is 1.09 bits per heavy atom. The van der Waals surface area contributed by atoms with Crippen LogP contribution in [0, 0.1) is 24.2 Å². The van der Waals surface area contributed by atoms with Crippen molar-refractivity contribution in [1.29, 1.82) is 5.26 Å². The van der Waals surface area contributed by atoms with Crippen molar-refractivity contribution < 1.29 is 24.2 Å². The minimum absolute atomic E-state index is 0.0507. The lowest BCUT2D eigenvalue weighted by atomic mass is 9.96. The molecule has 246 valence electrons. The lowest BCUT2D eigenvalue weighted by molar-refractivity contribution is -0.148. The number of nitriles is 1. The number of hydrogen-bond acceptors (Lipinski definition) is 9. The summed E-state index contributed by atoms with van der Waals surface area (Å²) in [5.74, 6) is -0.878. The number of anilines is 1. The molecule has 12 heteroatoms. The highest BCUT2D eigenvalue weighted by Gasteiger charge is 2.34. The van der Waals surface area contributed by atoms with Crippen molar-refractivity contribution in [2.45, 2.75) is 104 Å². The monoisotopic (exact) mass is 658 g/mol. The van der Waals surface area contributed by atoms with Gasteiger partial charge in [-0.3, -0.25) is 28.6 Å². The maximum atomic E-state index is 13.6. The lowest BCUT2D eigenvalue weighted by Crippen LogP contribution is -2.43. The van der Waals surface area contributed by atoms with Crippen molar-refractivity contribution in [3.05, 3.63) is 31.9 Å². The van der Waals surface area contributed by atoms with Crippen molar-refractivity contribution in [3.63, 3.8) is 0 Å². The van der Waals surface area contributed by atoms with Gasteiger partial charge in [0.15, 0.2) is 0 Å². The van der Waals surface area contributed by atoms with E-state index in [-0.39, 0.29) is 35.3 Å². The topological polar surface area (TPSA) is 133 Å². The van der Waals surface area contributed by atoms with Gasteiger partial charge in [0.05, 0.1) is 17.4 Å². The van der Waals surface area contributed by atoms with Gasteiger partial charge in [-0.15, -0.1) is 0 Å². The average molecular weight is 659 g/mol. The molecule has 1 aromatic rings. The lowest BCUT2D eigenvalue weighted by Gasteiger charge is -2.36. The summed E-state index contributed by atoms with van der Waals surface area (Å²) >= 11 is 6.84. The highest BCUT2D eigenvalue weighted by Crippen LogP contribution is 2.37. The zero-order valence-corrected chi connectivity index (χ0v) is 28.4. The largest absolute Gasteiger partial charge is 0.481 e. The van der Waals surface area contributed by atoms with Gasteiger partial charge in [0.25, 0.3) is 11.5 Å². The van der Waals surface area contributed by atoms with E-state index in [1.807, 2.05) is 11.8 Å². The number of aromatic nitrogens is 1. The van der Waals surface area contributed by atoms with Crippen LogP contribution in [0.5, 0.6) is 0 Å². The molecule has 0 saturated carbocycles. The Bertz CT molecular complexity index is 1380. The van der Waals surface area contributed by atoms with Gasteiger partial charge in [0.2, 0.25) is 0 Å². The SMILES string of the molecule is CCCn1c(N2CCCC(C(=O)OCC)C2)c(C=C2SC(=S)N(CCCCCCCCCCC(=O)O)C2=O)c(C)c(C#N)c1=O. The molecule has 0 aliphatic carbocycles. The molecule has 1 aromatic heterocycles. The second kappa shape index (κ2) is 18.1. The number of unbranched alkanes of at least 4 members (excludes halogenated alkanes) is 7. The summed E-state index contributed by atoms with van der Waals surface area (Å²) in [7, 11) is 0. The number of amides is 1. The van der Waals surface area contributed by atoms with Crippen molar-refractivity contribution in [2.75, 3.05) is 31.1 Å². The number of hydrogen-bond donors (Lipinski definition) is 1. The van der Waals surface area contributed by atoms with E-state index in [1.54, 1.807) is 29.4 Å². The minimum atomic E-state index is -0.741. The number of piperidine rings is 1. The zero-order valence-electron chi connectivity index (χ0n) is 26.8. The fraction of sp³-hybridized carbons (Fsp3) is 0.636. The minimum Gasteiger partial charge on any atom is -0.481 e. The molecule has 1 atom stereocenters. The van der Waals surface area contributed by atoms with Crippen LogP contribution in [0.15, 0.2) is 9.70 Å². The molecule has 10 nitrogen and oxygen atoms in total. The van der Waals surface area contributed by atoms with E-state index in [0.29, 0.717) is 71.8 Å². The van der Waals surface area contributed by atoms with Crippen LogP contribution in [-0.2, 0) is 25.7 Å². The summed E-state index contributed by atoms with van der Waals surface area (Å²) in [5.41, 5.74) is 0.828. The number of aliphatic carboxylic acids is 1. The van der Waals surface area contributed by atoms with Gasteiger partial charge in [0.1, 0.15) is 21.8 Å². The first kappa shape index (κ1) is 36.3. The normalized spacial score (nSPS) is 17.6. The van der Waals surface area contributed by atoms with Crippen molar-refractivity contribution in [3.8, 4) is 6.07 Å². The van der Waals surface area contributed by atoms with Crippen molar-refractivity contribution in [1.82, 2.24) is 9.47 Å². The van der Waals surface area contributed by atoms with Crippen molar-refractivity contribution in [2.24, 2.45) is 5.92 Å². The molecule has 2 aliphatic rings. The predicted octanol–water partition coefficient (Wildman–Crippen LogP) is 6.01. The van der Waals surface area contributed by atoms with Gasteiger partial charge in [-0.2, -0.15) is 5.26 Å². The van der Waals surface area contributed by atoms with Crippen LogP contribution in [0.3, 0.4) is 0 Å². The molecule has 0 aromatic carbocycles. The summed E-state index contributed by atoms with van der Waals surface area (Å²) in [6.45, 7) is 7.73. The highest BCUT2D eigenvalue weighted by atomic mass is 32.2. The molecular formula is C33H46N4O6S2. The first-order valence-corrected chi connectivity index (χ1v) is 17.4. The first-order chi connectivity index (χ1) is 21.6. The summed E-state index contributed by atoms with van der Waals surface area (Å²) in [4.78, 5) is 54.5. The first-order valence-electron chi connectivity index (χ1n) is 16.2. The number of carboxylic acids is 1. The number of nitrogens with zero attached hydrogens (tertiary/aromatic N) is 4. The number of rotatable bonds is 17. The molecule has 2 aliphatic heterocycles. The van der Waals surface area contributed by atoms with Gasteiger partial charge in [-0.05, 0) is 57.6 Å². The Hall–Kier alpha value is -3.17. The molecule has 0 radical (unpaired) electrons. The van der Waals surface area contributed by atoms with E-state index in [4.69, 9.17) is 22.1 Å². The van der Waals surface area contributed by atoms with Crippen LogP contribution in [-0.4, -0.2) is 63.0 Å². The Kier molecular flexibility index (Phi) is 14.6. The Morgan fingerprint density at radius 3 is 2.38 bits per heavy atom. The van der Waals surface area contributed by atoms with Crippen LogP contribution in [0.2, 0.25) is 0 Å². The van der Waals surface area contributed by atoms with Gasteiger partial charge >= 0.3 is 11.9 Å². The number of carboxylic acid groups (broad SMARTS) is 1. The highest BCUT2D eigenvalue weighted by molar-refractivity contribution is 8.26. The third-order valence-electron chi connectivity index (χ3n) is 8.31. The van der Waals surface area contributed by atoms with Crippen LogP contribution in [0.25, 0.3) is 6.08 Å². The fourth-order valence-electron chi connectivity index (χ4n) is 5.97. The van der Waals surface area contributed by atoms with Crippen LogP contribution in [0.4, 0.5) is 5.82 Å². The Morgan fingerprint density at radius 2 is 1.76 bits per heavy atom. The van der Waals surface area contributed by atoms with E-state index in [9.17, 15) is 24.4 Å². The van der Waals surface area contributed by atoms with E-state index >= 15 is 0 Å². The smallest absolute Gasteiger partial charge is 0.310 e. The summed E-state index contributed by atoms with van der Waals surface area (Å²) < 4.78 is 7.42. The Labute approximate surface area is 275 Å². The fourth-order valence-corrected chi connectivity index (χ4v) is 7.26. The predicted molar refractivity (Wildman–Crippen MR) is 181 cm³/mol. The molecule has 3 heterocycles. The molecule has 1 N–H and O–H groups in total. The van der Waals surface area contributed by atoms with Crippen molar-refractivity contribution >= 4 is 58.0 Å². The second-order valence-electron chi connectivity index (χ2n) is 11.6. The number of thiocarbonyl (C=S) groups is 1. The van der Waals surface area contributed by atoms with Gasteiger partial charge < -0.3 is 14.7 Å². The van der Waals surface area contributed by atoms with Crippen LogP contribution in [0.1, 0.15) is 108 Å². The molecule has 2 saturated heterocycles. The molecule has 1 unspecified atom stereocenters. The standard InChI is InChI=1S/C33H46N4O6S2/c1-4-17-36-29(35-18-14-15-24(22-35)32(42)43-5-2)25(23(3)26(21-34)30(36)40)20-27-31(41)37(33(44)45-27)19-13-11-9-7-6-8-10-12-16-28(38)39/h20,24H,4-19,22H2,1-3H3,(H,38,39). The summed E-state index contributed by atoms with van der Waals surface area (Å²) in [5, 5.41) is 18.7. The molecule has 3 rings (SSSR count). The van der Waals surface area contributed by atoms with E-state index in [0.717, 1.165) is 57.8 Å². The third-order valence-corrected chi connectivity index (χ3v) is 9.68. The molecule has 2 fully saturated rings. The summed E-state index contributed by atoms with van der Waals surface area (Å²) in [6, 6.07) is 2.09. The number of carbonyl (C=O) groups excluding carboxylic acids is 2. The Balaban J connectivity index is 1.79. The zero-order chi connectivity index (χ0) is 32.9. The second-order valence-corrected chi connectivity index (χ2v) is 13.3. The van der Waals surface area contributed by atoms with Gasteiger partial charge in [-0.1, -0.05) is 69.4 Å². The number of ether oxygens (including phenoxy) is 1. The van der Waals surface area contributed by atoms with Gasteiger partial charge in [0, 0.05) is 38.2 Å². The van der Waals surface area contributed by atoms with E-state index in [1.165, 1.54) is 11.8 Å². The third kappa shape index (κ3) is 9.66. The van der Waals surface area contributed by atoms with E-state index < -0.39 is 5.97 Å². The average Bonchev–Trinajstić information content (AvgIpc) is 3.28. The quantitative estimate of drug-likeness (QED) is 0.0918. The van der Waals surface area contributed by atoms with E-state index in [2.05, 4.69) is 6.07 Å².